The number of halogens is 1. The van der Waals surface area contributed by atoms with E-state index in [0.29, 0.717) is 25.3 Å². The summed E-state index contributed by atoms with van der Waals surface area (Å²) in [5.41, 5.74) is 2.27. The molecule has 0 aromatic heterocycles. The molecule has 0 saturated heterocycles. The Morgan fingerprint density at radius 1 is 1.16 bits per heavy atom. The molecule has 2 aromatic rings. The molecule has 2 unspecified atom stereocenters. The van der Waals surface area contributed by atoms with Gasteiger partial charge in [-0.05, 0) is 66.1 Å². The quantitative estimate of drug-likeness (QED) is 0.485. The second-order valence-corrected chi connectivity index (χ2v) is 9.83. The van der Waals surface area contributed by atoms with E-state index < -0.39 is 6.72 Å². The highest BCUT2D eigenvalue weighted by Gasteiger charge is 2.37. The number of benzene rings is 2. The van der Waals surface area contributed by atoms with E-state index >= 15 is 0 Å². The van der Waals surface area contributed by atoms with Gasteiger partial charge in [0.1, 0.15) is 12.4 Å². The summed E-state index contributed by atoms with van der Waals surface area (Å²) in [5, 5.41) is 0. The molecule has 0 spiro atoms. The molecule has 0 bridgehead atoms. The minimum Gasteiger partial charge on any atom is -0.489 e. The first-order chi connectivity index (χ1) is 12.1. The fraction of sp³-hybridized carbons (Fsp3) is 0.400. The van der Waals surface area contributed by atoms with Gasteiger partial charge in [-0.25, -0.2) is 0 Å². The molecule has 0 radical (unpaired) electrons. The molecule has 0 heterocycles. The summed E-state index contributed by atoms with van der Waals surface area (Å²) in [5.74, 6) is 1.53. The highest BCUT2D eigenvalue weighted by Crippen LogP contribution is 2.58. The fourth-order valence-electron chi connectivity index (χ4n) is 3.08. The highest BCUT2D eigenvalue weighted by molar-refractivity contribution is 7.85. The van der Waals surface area contributed by atoms with Crippen LogP contribution in [0.4, 0.5) is 0 Å². The average molecular weight is 379 g/mol. The Balaban J connectivity index is 1.71. The van der Waals surface area contributed by atoms with Crippen molar-refractivity contribution in [1.29, 1.82) is 0 Å². The van der Waals surface area contributed by atoms with Crippen LogP contribution in [0.1, 0.15) is 36.8 Å². The van der Waals surface area contributed by atoms with E-state index in [2.05, 4.69) is 12.1 Å². The second kappa shape index (κ2) is 8.40. The molecule has 5 heteroatoms. The van der Waals surface area contributed by atoms with E-state index in [1.165, 1.54) is 0 Å². The zero-order chi connectivity index (χ0) is 17.7. The van der Waals surface area contributed by atoms with E-state index in [1.54, 1.807) is 0 Å². The summed E-state index contributed by atoms with van der Waals surface area (Å²) in [7, 11) is 0. The molecule has 0 amide bonds. The standard InChI is InChI=1S/C20H24ClO3P/c1-2-24-25(21,22)15-20(17-11-12-17)18-9-6-10-19(13-18)23-14-16-7-4-3-5-8-16/h3-10,13,17,20H,2,11-12,14-15H2,1H3. The first kappa shape index (κ1) is 18.5. The summed E-state index contributed by atoms with van der Waals surface area (Å²) in [6, 6.07) is 18.2. The lowest BCUT2D eigenvalue weighted by Gasteiger charge is -2.20. The van der Waals surface area contributed by atoms with Crippen molar-refractivity contribution in [2.75, 3.05) is 12.8 Å². The van der Waals surface area contributed by atoms with Crippen LogP contribution in [0.2, 0.25) is 0 Å². The lowest BCUT2D eigenvalue weighted by Crippen LogP contribution is -2.08. The lowest BCUT2D eigenvalue weighted by atomic mass is 9.96. The van der Waals surface area contributed by atoms with Crippen molar-refractivity contribution >= 4 is 18.0 Å². The summed E-state index contributed by atoms with van der Waals surface area (Å²) in [6.07, 6.45) is 2.70. The Labute approximate surface area is 154 Å². The van der Waals surface area contributed by atoms with Crippen molar-refractivity contribution < 1.29 is 13.8 Å². The van der Waals surface area contributed by atoms with E-state index in [0.717, 1.165) is 29.7 Å². The molecule has 0 N–H and O–H groups in total. The van der Waals surface area contributed by atoms with Crippen molar-refractivity contribution in [3.63, 3.8) is 0 Å². The van der Waals surface area contributed by atoms with E-state index in [-0.39, 0.29) is 5.92 Å². The third kappa shape index (κ3) is 5.60. The Morgan fingerprint density at radius 2 is 1.92 bits per heavy atom. The predicted octanol–water partition coefficient (Wildman–Crippen LogP) is 6.23. The van der Waals surface area contributed by atoms with Gasteiger partial charge in [-0.1, -0.05) is 42.5 Å². The number of rotatable bonds is 9. The first-order valence-electron chi connectivity index (χ1n) is 8.77. The molecule has 25 heavy (non-hydrogen) atoms. The zero-order valence-corrected chi connectivity index (χ0v) is 16.1. The molecule has 2 aromatic carbocycles. The van der Waals surface area contributed by atoms with Gasteiger partial charge in [-0.3, -0.25) is 4.57 Å². The normalized spacial score (nSPS) is 17.7. The van der Waals surface area contributed by atoms with E-state index in [4.69, 9.17) is 20.5 Å². The molecule has 1 saturated carbocycles. The zero-order valence-electron chi connectivity index (χ0n) is 14.4. The second-order valence-electron chi connectivity index (χ2n) is 6.48. The van der Waals surface area contributed by atoms with Crippen molar-refractivity contribution in [1.82, 2.24) is 0 Å². The largest absolute Gasteiger partial charge is 0.489 e. The summed E-state index contributed by atoms with van der Waals surface area (Å²) in [4.78, 5) is 0. The smallest absolute Gasteiger partial charge is 0.290 e. The molecule has 3 nitrogen and oxygen atoms in total. The topological polar surface area (TPSA) is 35.5 Å². The van der Waals surface area contributed by atoms with Crippen molar-refractivity contribution in [2.45, 2.75) is 32.3 Å². The monoisotopic (exact) mass is 378 g/mol. The maximum Gasteiger partial charge on any atom is 0.290 e. The molecular formula is C20H24ClO3P. The summed E-state index contributed by atoms with van der Waals surface area (Å²) < 4.78 is 23.6. The summed E-state index contributed by atoms with van der Waals surface area (Å²) in [6.45, 7) is -0.350. The number of hydrogen-bond donors (Lipinski definition) is 0. The van der Waals surface area contributed by atoms with Crippen LogP contribution < -0.4 is 4.74 Å². The molecule has 3 rings (SSSR count). The fourth-order valence-corrected chi connectivity index (χ4v) is 5.29. The van der Waals surface area contributed by atoms with E-state index in [1.807, 2.05) is 49.4 Å². The van der Waals surface area contributed by atoms with Crippen molar-refractivity contribution in [2.24, 2.45) is 5.92 Å². The van der Waals surface area contributed by atoms with Gasteiger partial charge >= 0.3 is 0 Å². The van der Waals surface area contributed by atoms with Crippen LogP contribution in [0, 0.1) is 5.92 Å². The average Bonchev–Trinajstić information content (AvgIpc) is 3.44. The molecular weight excluding hydrogens is 355 g/mol. The van der Waals surface area contributed by atoms with Crippen LogP contribution in [-0.2, 0) is 15.7 Å². The van der Waals surface area contributed by atoms with Gasteiger partial charge in [0.05, 0.1) is 6.61 Å². The van der Waals surface area contributed by atoms with Crippen molar-refractivity contribution in [3.05, 3.63) is 65.7 Å². The SMILES string of the molecule is CCOP(=O)(Cl)CC(c1cccc(OCc2ccccc2)c1)C1CC1. The van der Waals surface area contributed by atoms with Crippen LogP contribution in [-0.4, -0.2) is 12.8 Å². The van der Waals surface area contributed by atoms with Gasteiger partial charge < -0.3 is 9.26 Å². The number of hydrogen-bond acceptors (Lipinski definition) is 3. The van der Waals surface area contributed by atoms with Crippen LogP contribution in [0.3, 0.4) is 0 Å². The van der Waals surface area contributed by atoms with Crippen molar-refractivity contribution in [3.8, 4) is 5.75 Å². The maximum absolute atomic E-state index is 12.4. The third-order valence-corrected chi connectivity index (χ3v) is 6.64. The van der Waals surface area contributed by atoms with Crippen LogP contribution >= 0.6 is 18.0 Å². The lowest BCUT2D eigenvalue weighted by molar-refractivity contribution is 0.305. The van der Waals surface area contributed by atoms with Gasteiger partial charge in [0.15, 0.2) is 0 Å². The van der Waals surface area contributed by atoms with Gasteiger partial charge in [-0.2, -0.15) is 0 Å². The highest BCUT2D eigenvalue weighted by atomic mass is 35.7. The third-order valence-electron chi connectivity index (χ3n) is 4.46. The Kier molecular flexibility index (Phi) is 6.22. The van der Waals surface area contributed by atoms with Crippen LogP contribution in [0.5, 0.6) is 5.75 Å². The number of ether oxygens (including phenoxy) is 1. The first-order valence-corrected chi connectivity index (χ1v) is 11.5. The van der Waals surface area contributed by atoms with E-state index in [9.17, 15) is 4.57 Å². The minimum atomic E-state index is -3.07. The van der Waals surface area contributed by atoms with Gasteiger partial charge in [0, 0.05) is 6.16 Å². The predicted molar refractivity (Wildman–Crippen MR) is 103 cm³/mol. The maximum atomic E-state index is 12.4. The molecule has 0 aliphatic heterocycles. The Hall–Kier alpha value is -1.28. The molecule has 134 valence electrons. The van der Waals surface area contributed by atoms with Crippen LogP contribution in [0.15, 0.2) is 54.6 Å². The Morgan fingerprint density at radius 3 is 2.60 bits per heavy atom. The van der Waals surface area contributed by atoms with Gasteiger partial charge in [-0.15, -0.1) is 0 Å². The Bertz CT molecular complexity index is 731. The minimum absolute atomic E-state index is 0.162. The molecule has 2 atom stereocenters. The van der Waals surface area contributed by atoms with Gasteiger partial charge in [0.2, 0.25) is 0 Å². The van der Waals surface area contributed by atoms with Crippen LogP contribution in [0.25, 0.3) is 0 Å². The molecule has 1 aliphatic rings. The molecule has 1 aliphatic carbocycles. The summed E-state index contributed by atoms with van der Waals surface area (Å²) >= 11 is 6.14. The van der Waals surface area contributed by atoms with Gasteiger partial charge in [0.25, 0.3) is 6.72 Å². The molecule has 1 fully saturated rings.